The molecule has 82 valence electrons. The molecule has 15 heavy (non-hydrogen) atoms. The fourth-order valence-electron chi connectivity index (χ4n) is 1.69. The average molecular weight is 225 g/mol. The van der Waals surface area contributed by atoms with Crippen molar-refractivity contribution in [2.45, 2.75) is 31.2 Å². The highest BCUT2D eigenvalue weighted by molar-refractivity contribution is 7.89. The summed E-state index contributed by atoms with van der Waals surface area (Å²) in [4.78, 5) is 0.426. The first-order valence-electron chi connectivity index (χ1n) is 4.94. The molecule has 1 unspecified atom stereocenters. The van der Waals surface area contributed by atoms with Crippen molar-refractivity contribution in [3.8, 4) is 0 Å². The van der Waals surface area contributed by atoms with Crippen LogP contribution < -0.4 is 0 Å². The fourth-order valence-corrected chi connectivity index (χ4v) is 3.79. The maximum Gasteiger partial charge on any atom is 0.243 e. The van der Waals surface area contributed by atoms with Gasteiger partial charge in [-0.3, -0.25) is 0 Å². The van der Waals surface area contributed by atoms with E-state index in [1.165, 1.54) is 4.31 Å². The van der Waals surface area contributed by atoms with E-state index >= 15 is 0 Å². The largest absolute Gasteiger partial charge is 0.243 e. The summed E-state index contributed by atoms with van der Waals surface area (Å²) >= 11 is 0. The first kappa shape index (κ1) is 10.6. The van der Waals surface area contributed by atoms with E-state index in [1.54, 1.807) is 12.1 Å². The van der Waals surface area contributed by atoms with Crippen LogP contribution in [0.5, 0.6) is 0 Å². The van der Waals surface area contributed by atoms with E-state index in [9.17, 15) is 8.42 Å². The molecule has 1 fully saturated rings. The highest BCUT2D eigenvalue weighted by Crippen LogP contribution is 2.38. The Kier molecular flexibility index (Phi) is 2.17. The van der Waals surface area contributed by atoms with Crippen molar-refractivity contribution in [3.05, 3.63) is 29.8 Å². The number of sulfonamides is 1. The third-order valence-electron chi connectivity index (χ3n) is 2.76. The zero-order valence-electron chi connectivity index (χ0n) is 9.19. The van der Waals surface area contributed by atoms with E-state index in [0.29, 0.717) is 11.4 Å². The van der Waals surface area contributed by atoms with Crippen LogP contribution in [0.2, 0.25) is 0 Å². The monoisotopic (exact) mass is 225 g/mol. The molecule has 0 spiro atoms. The maximum absolute atomic E-state index is 12.2. The molecule has 1 aliphatic rings. The van der Waals surface area contributed by atoms with Gasteiger partial charge in [-0.1, -0.05) is 18.2 Å². The van der Waals surface area contributed by atoms with Gasteiger partial charge in [0.2, 0.25) is 10.0 Å². The summed E-state index contributed by atoms with van der Waals surface area (Å²) in [7, 11) is -3.27. The molecule has 4 heteroatoms. The number of hydrogen-bond acceptors (Lipinski definition) is 2. The molecule has 0 saturated carbocycles. The Balaban J connectivity index is 2.45. The molecule has 1 aromatic carbocycles. The van der Waals surface area contributed by atoms with Crippen LogP contribution in [0.4, 0.5) is 0 Å². The van der Waals surface area contributed by atoms with Gasteiger partial charge >= 0.3 is 0 Å². The smallest absolute Gasteiger partial charge is 0.207 e. The third kappa shape index (κ3) is 1.68. The van der Waals surface area contributed by atoms with Crippen LogP contribution in [0.15, 0.2) is 29.2 Å². The van der Waals surface area contributed by atoms with Crippen molar-refractivity contribution in [1.29, 1.82) is 0 Å². The topological polar surface area (TPSA) is 37.1 Å². The van der Waals surface area contributed by atoms with Gasteiger partial charge in [-0.2, -0.15) is 4.31 Å². The molecule has 0 N–H and O–H groups in total. The van der Waals surface area contributed by atoms with Crippen LogP contribution in [0.3, 0.4) is 0 Å². The van der Waals surface area contributed by atoms with Crippen molar-refractivity contribution >= 4 is 10.0 Å². The zero-order valence-corrected chi connectivity index (χ0v) is 10.0. The Hall–Kier alpha value is -0.870. The van der Waals surface area contributed by atoms with E-state index in [4.69, 9.17) is 0 Å². The van der Waals surface area contributed by atoms with Crippen LogP contribution >= 0.6 is 0 Å². The van der Waals surface area contributed by atoms with Gasteiger partial charge in [-0.25, -0.2) is 8.42 Å². The SMILES string of the molecule is Cc1ccccc1S(=O)(=O)N1CC1(C)C. The fraction of sp³-hybridized carbons (Fsp3) is 0.455. The van der Waals surface area contributed by atoms with Gasteiger partial charge in [0.05, 0.1) is 4.90 Å². The molecule has 1 aliphatic heterocycles. The van der Waals surface area contributed by atoms with Crippen molar-refractivity contribution in [3.63, 3.8) is 0 Å². The molecule has 1 aromatic rings. The van der Waals surface area contributed by atoms with Crippen LogP contribution in [0.25, 0.3) is 0 Å². The summed E-state index contributed by atoms with van der Waals surface area (Å²) in [5, 5.41) is 0. The highest BCUT2D eigenvalue weighted by Gasteiger charge is 2.51. The lowest BCUT2D eigenvalue weighted by molar-refractivity contribution is 0.529. The van der Waals surface area contributed by atoms with Crippen molar-refractivity contribution in [2.24, 2.45) is 0 Å². The molecule has 0 radical (unpaired) electrons. The Morgan fingerprint density at radius 1 is 1.27 bits per heavy atom. The van der Waals surface area contributed by atoms with Crippen LogP contribution in [-0.2, 0) is 10.0 Å². The molecule has 3 nitrogen and oxygen atoms in total. The third-order valence-corrected chi connectivity index (χ3v) is 4.98. The Morgan fingerprint density at radius 2 is 1.80 bits per heavy atom. The quantitative estimate of drug-likeness (QED) is 0.719. The maximum atomic E-state index is 12.2. The Labute approximate surface area is 90.8 Å². The van der Waals surface area contributed by atoms with Crippen molar-refractivity contribution < 1.29 is 8.42 Å². The van der Waals surface area contributed by atoms with E-state index in [2.05, 4.69) is 0 Å². The van der Waals surface area contributed by atoms with Crippen molar-refractivity contribution in [2.75, 3.05) is 6.54 Å². The highest BCUT2D eigenvalue weighted by atomic mass is 32.2. The van der Waals surface area contributed by atoms with E-state index in [1.807, 2.05) is 32.9 Å². The molecule has 0 aromatic heterocycles. The minimum atomic E-state index is -3.27. The number of aryl methyl sites for hydroxylation is 1. The predicted molar refractivity (Wildman–Crippen MR) is 59.1 cm³/mol. The number of rotatable bonds is 2. The van der Waals surface area contributed by atoms with E-state index in [-0.39, 0.29) is 5.54 Å². The zero-order chi connectivity index (χ0) is 11.3. The van der Waals surface area contributed by atoms with Gasteiger partial charge in [0.15, 0.2) is 0 Å². The van der Waals surface area contributed by atoms with Crippen LogP contribution in [0.1, 0.15) is 19.4 Å². The second-order valence-corrected chi connectivity index (χ2v) is 6.42. The van der Waals surface area contributed by atoms with Gasteiger partial charge in [-0.15, -0.1) is 0 Å². The van der Waals surface area contributed by atoms with Gasteiger partial charge in [0, 0.05) is 12.1 Å². The second kappa shape index (κ2) is 3.06. The van der Waals surface area contributed by atoms with E-state index < -0.39 is 10.0 Å². The van der Waals surface area contributed by atoms with Crippen molar-refractivity contribution in [1.82, 2.24) is 4.31 Å². The summed E-state index contributed by atoms with van der Waals surface area (Å²) in [5.41, 5.74) is 0.599. The summed E-state index contributed by atoms with van der Waals surface area (Å²) < 4.78 is 25.8. The number of benzene rings is 1. The standard InChI is InChI=1S/C11H15NO2S/c1-9-6-4-5-7-10(9)15(13,14)12-8-11(12,2)3/h4-7H,8H2,1-3H3. The van der Waals surface area contributed by atoms with Gasteiger partial charge in [-0.05, 0) is 32.4 Å². The van der Waals surface area contributed by atoms with Crippen LogP contribution in [-0.4, -0.2) is 24.8 Å². The average Bonchev–Trinajstić information content (AvgIpc) is 2.76. The summed E-state index contributed by atoms with van der Waals surface area (Å²) in [6, 6.07) is 7.10. The lowest BCUT2D eigenvalue weighted by Crippen LogP contribution is -2.19. The van der Waals surface area contributed by atoms with Gasteiger partial charge in [0.1, 0.15) is 0 Å². The minimum absolute atomic E-state index is 0.207. The molecule has 0 amide bonds. The normalized spacial score (nSPS) is 23.8. The van der Waals surface area contributed by atoms with Gasteiger partial charge < -0.3 is 0 Å². The molecular formula is C11H15NO2S. The molecule has 0 aliphatic carbocycles. The molecule has 1 heterocycles. The van der Waals surface area contributed by atoms with Crippen LogP contribution in [0, 0.1) is 6.92 Å². The summed E-state index contributed by atoms with van der Waals surface area (Å²) in [5.74, 6) is 0. The van der Waals surface area contributed by atoms with Gasteiger partial charge in [0.25, 0.3) is 0 Å². The number of hydrogen-bond donors (Lipinski definition) is 0. The summed E-state index contributed by atoms with van der Waals surface area (Å²) in [6.07, 6.45) is 0. The lowest BCUT2D eigenvalue weighted by Gasteiger charge is -2.10. The second-order valence-electron chi connectivity index (χ2n) is 4.59. The first-order valence-corrected chi connectivity index (χ1v) is 6.38. The Bertz CT molecular complexity index is 491. The molecule has 1 saturated heterocycles. The summed E-state index contributed by atoms with van der Waals surface area (Å²) in [6.45, 7) is 6.30. The molecular weight excluding hydrogens is 210 g/mol. The lowest BCUT2D eigenvalue weighted by atomic mass is 10.2. The molecule has 2 rings (SSSR count). The molecule has 0 bridgehead atoms. The molecule has 1 atom stereocenters. The predicted octanol–water partition coefficient (Wildman–Crippen LogP) is 1.78. The van der Waals surface area contributed by atoms with E-state index in [0.717, 1.165) is 5.56 Å². The Morgan fingerprint density at radius 3 is 2.27 bits per heavy atom. The number of nitrogens with zero attached hydrogens (tertiary/aromatic N) is 1. The first-order chi connectivity index (χ1) is 6.86. The minimum Gasteiger partial charge on any atom is -0.207 e.